The van der Waals surface area contributed by atoms with Gasteiger partial charge in [0.2, 0.25) is 0 Å². The van der Waals surface area contributed by atoms with Crippen LogP contribution in [0.2, 0.25) is 0 Å². The highest BCUT2D eigenvalue weighted by Gasteiger charge is 2.11. The van der Waals surface area contributed by atoms with Gasteiger partial charge in [-0.1, -0.05) is 19.8 Å². The third kappa shape index (κ3) is 3.57. The van der Waals surface area contributed by atoms with Gasteiger partial charge in [0.15, 0.2) is 6.20 Å². The van der Waals surface area contributed by atoms with Gasteiger partial charge >= 0.3 is 0 Å². The molecule has 0 amide bonds. The van der Waals surface area contributed by atoms with Crippen LogP contribution in [0.5, 0.6) is 0 Å². The first-order valence-electron chi connectivity index (χ1n) is 6.00. The number of hydrogen-bond acceptors (Lipinski definition) is 1. The van der Waals surface area contributed by atoms with Gasteiger partial charge in [-0.15, -0.1) is 0 Å². The first-order valence-corrected chi connectivity index (χ1v) is 6.00. The zero-order valence-electron chi connectivity index (χ0n) is 10.2. The van der Waals surface area contributed by atoms with E-state index in [2.05, 4.69) is 24.6 Å². The largest absolute Gasteiger partial charge is 0.336 e. The van der Waals surface area contributed by atoms with Crippen LogP contribution in [0.25, 0.3) is 0 Å². The molecule has 0 N–H and O–H groups in total. The molecule has 0 spiro atoms. The van der Waals surface area contributed by atoms with Gasteiger partial charge in [0.1, 0.15) is 12.8 Å². The maximum absolute atomic E-state index is 5.44. The summed E-state index contributed by atoms with van der Waals surface area (Å²) in [4.78, 5) is 5.44. The van der Waals surface area contributed by atoms with Crippen molar-refractivity contribution in [3.63, 3.8) is 0 Å². The predicted molar refractivity (Wildman–Crippen MR) is 60.6 cm³/mol. The second kappa shape index (κ2) is 6.49. The summed E-state index contributed by atoms with van der Waals surface area (Å²) < 4.78 is 4.10. The van der Waals surface area contributed by atoms with Gasteiger partial charge in [0.05, 0.1) is 6.54 Å². The number of imidazole rings is 1. The summed E-state index contributed by atoms with van der Waals surface area (Å²) in [5.41, 5.74) is 0. The van der Waals surface area contributed by atoms with E-state index in [0.717, 1.165) is 6.54 Å². The smallest absolute Gasteiger partial charge is 0.293 e. The maximum atomic E-state index is 5.44. The summed E-state index contributed by atoms with van der Waals surface area (Å²) in [6, 6.07) is 0. The summed E-state index contributed by atoms with van der Waals surface area (Å²) in [5.74, 6) is 1.17. The molecule has 1 aromatic rings. The van der Waals surface area contributed by atoms with Gasteiger partial charge in [-0.2, -0.15) is 0 Å². The van der Waals surface area contributed by atoms with Crippen molar-refractivity contribution in [2.45, 2.75) is 53.0 Å². The molecule has 1 heterocycles. The van der Waals surface area contributed by atoms with Crippen LogP contribution in [0.4, 0.5) is 0 Å². The topological polar surface area (TPSA) is 18.0 Å². The van der Waals surface area contributed by atoms with E-state index in [1.165, 1.54) is 31.5 Å². The molecule has 0 fully saturated rings. The van der Waals surface area contributed by atoms with Crippen molar-refractivity contribution in [2.24, 2.45) is 0 Å². The number of hydrogen-bond donors (Lipinski definition) is 0. The second-order valence-corrected chi connectivity index (χ2v) is 3.84. The summed E-state index contributed by atoms with van der Waals surface area (Å²) in [5, 5.41) is 0. The van der Waals surface area contributed by atoms with E-state index >= 15 is 0 Å². The van der Waals surface area contributed by atoms with Crippen LogP contribution in [0, 0.1) is 6.92 Å². The van der Waals surface area contributed by atoms with Gasteiger partial charge in [-0.25, -0.2) is 4.57 Å². The molecule has 0 aliphatic rings. The number of nitrogens with zero attached hydrogens (tertiary/aromatic N) is 2. The molecule has 0 aliphatic heterocycles. The quantitative estimate of drug-likeness (QED) is 0.499. The molecular weight excluding hydrogens is 188 g/mol. The molecular formula is C12H23N2O+. The zero-order valence-corrected chi connectivity index (χ0v) is 10.2. The van der Waals surface area contributed by atoms with Crippen molar-refractivity contribution >= 4 is 0 Å². The van der Waals surface area contributed by atoms with Crippen molar-refractivity contribution in [3.05, 3.63) is 18.2 Å². The molecule has 0 unspecified atom stereocenters. The summed E-state index contributed by atoms with van der Waals surface area (Å²) in [6.07, 6.45) is 9.29. The van der Waals surface area contributed by atoms with E-state index in [9.17, 15) is 0 Å². The molecule has 1 aromatic heterocycles. The average Bonchev–Trinajstić information content (AvgIpc) is 2.57. The lowest BCUT2D eigenvalue weighted by Crippen LogP contribution is -2.36. The van der Waals surface area contributed by atoms with Crippen LogP contribution in [-0.2, 0) is 6.54 Å². The van der Waals surface area contributed by atoms with Gasteiger partial charge < -0.3 is 4.84 Å². The Balaban J connectivity index is 2.40. The molecule has 3 nitrogen and oxygen atoms in total. The minimum absolute atomic E-state index is 0.714. The summed E-state index contributed by atoms with van der Waals surface area (Å²) >= 11 is 0. The zero-order chi connectivity index (χ0) is 11.1. The lowest BCUT2D eigenvalue weighted by Gasteiger charge is -2.00. The van der Waals surface area contributed by atoms with E-state index in [0.29, 0.717) is 6.61 Å². The molecule has 0 saturated carbocycles. The average molecular weight is 211 g/mol. The van der Waals surface area contributed by atoms with E-state index in [1.807, 2.05) is 17.9 Å². The Kier molecular flexibility index (Phi) is 5.22. The summed E-state index contributed by atoms with van der Waals surface area (Å²) in [6.45, 7) is 8.15. The van der Waals surface area contributed by atoms with Crippen molar-refractivity contribution in [1.82, 2.24) is 4.73 Å². The van der Waals surface area contributed by atoms with Crippen LogP contribution in [0.15, 0.2) is 12.4 Å². The Labute approximate surface area is 92.6 Å². The van der Waals surface area contributed by atoms with Crippen LogP contribution in [0.3, 0.4) is 0 Å². The summed E-state index contributed by atoms with van der Waals surface area (Å²) in [7, 11) is 0. The first-order chi connectivity index (χ1) is 7.29. The predicted octanol–water partition coefficient (Wildman–Crippen LogP) is 2.11. The van der Waals surface area contributed by atoms with Crippen LogP contribution in [-0.4, -0.2) is 11.3 Å². The third-order valence-electron chi connectivity index (χ3n) is 2.64. The Bertz CT molecular complexity index is 281. The van der Waals surface area contributed by atoms with Crippen molar-refractivity contribution < 1.29 is 9.40 Å². The van der Waals surface area contributed by atoms with E-state index in [-0.39, 0.29) is 0 Å². The van der Waals surface area contributed by atoms with Crippen molar-refractivity contribution in [1.29, 1.82) is 0 Å². The lowest BCUT2D eigenvalue weighted by molar-refractivity contribution is -0.703. The normalized spacial score (nSPS) is 10.6. The maximum Gasteiger partial charge on any atom is 0.293 e. The number of aryl methyl sites for hydroxylation is 1. The Hall–Kier alpha value is -0.990. The van der Waals surface area contributed by atoms with Gasteiger partial charge in [-0.3, -0.25) is 0 Å². The molecule has 15 heavy (non-hydrogen) atoms. The van der Waals surface area contributed by atoms with Crippen LogP contribution >= 0.6 is 0 Å². The highest BCUT2D eigenvalue weighted by Crippen LogP contribution is 1.99. The van der Waals surface area contributed by atoms with Gasteiger partial charge in [-0.05, 0) is 24.5 Å². The first kappa shape index (κ1) is 12.1. The fraction of sp³-hybridized carbons (Fsp3) is 0.750. The van der Waals surface area contributed by atoms with E-state index in [4.69, 9.17) is 4.84 Å². The SMILES string of the molecule is CCCCCC[n+]1ccn(OCC)c1C. The second-order valence-electron chi connectivity index (χ2n) is 3.84. The minimum atomic E-state index is 0.714. The van der Waals surface area contributed by atoms with Gasteiger partial charge in [0.25, 0.3) is 5.82 Å². The number of rotatable bonds is 7. The molecule has 1 rings (SSSR count). The third-order valence-corrected chi connectivity index (χ3v) is 2.64. The highest BCUT2D eigenvalue weighted by atomic mass is 16.7. The van der Waals surface area contributed by atoms with Crippen LogP contribution < -0.4 is 9.40 Å². The molecule has 0 bridgehead atoms. The van der Waals surface area contributed by atoms with Gasteiger partial charge in [0, 0.05) is 6.92 Å². The Morgan fingerprint density at radius 2 is 2.07 bits per heavy atom. The number of aromatic nitrogens is 2. The fourth-order valence-electron chi connectivity index (χ4n) is 1.70. The molecule has 0 atom stereocenters. The molecule has 86 valence electrons. The van der Waals surface area contributed by atoms with E-state index < -0.39 is 0 Å². The van der Waals surface area contributed by atoms with Crippen molar-refractivity contribution in [3.8, 4) is 0 Å². The molecule has 0 saturated heterocycles. The van der Waals surface area contributed by atoms with Crippen LogP contribution in [0.1, 0.15) is 45.4 Å². The minimum Gasteiger partial charge on any atom is -0.336 e. The fourth-order valence-corrected chi connectivity index (χ4v) is 1.70. The Morgan fingerprint density at radius 3 is 2.73 bits per heavy atom. The monoisotopic (exact) mass is 211 g/mol. The molecule has 0 radical (unpaired) electrons. The van der Waals surface area contributed by atoms with Crippen molar-refractivity contribution in [2.75, 3.05) is 6.61 Å². The lowest BCUT2D eigenvalue weighted by atomic mass is 10.2. The standard InChI is InChI=1S/C12H23N2O/c1-4-6-7-8-9-13-10-11-14(12(13)3)15-5-2/h10-11H,4-9H2,1-3H3/q+1. The highest BCUT2D eigenvalue weighted by molar-refractivity contribution is 4.75. The number of unbranched alkanes of at least 4 members (excludes halogenated alkanes) is 3. The molecule has 3 heteroatoms. The molecule has 0 aromatic carbocycles. The Morgan fingerprint density at radius 1 is 1.27 bits per heavy atom. The van der Waals surface area contributed by atoms with E-state index in [1.54, 1.807) is 0 Å². The molecule has 0 aliphatic carbocycles.